The number of aliphatic hydroxyl groups is 2. The van der Waals surface area contributed by atoms with E-state index in [1.807, 2.05) is 60.7 Å². The number of aliphatic hydroxyl groups excluding tert-OH is 2. The van der Waals surface area contributed by atoms with Crippen molar-refractivity contribution in [3.8, 4) is 28.9 Å². The topological polar surface area (TPSA) is 142 Å². The van der Waals surface area contributed by atoms with Crippen LogP contribution in [0.1, 0.15) is 60.1 Å². The largest absolute Gasteiger partial charge is 0.492 e. The van der Waals surface area contributed by atoms with Crippen molar-refractivity contribution in [1.29, 1.82) is 0 Å². The number of ether oxygens (including phenoxy) is 7. The Morgan fingerprint density at radius 2 is 1.00 bits per heavy atom. The zero-order valence-electron chi connectivity index (χ0n) is 39.4. The average molecular weight is 944 g/mol. The van der Waals surface area contributed by atoms with Gasteiger partial charge in [-0.3, -0.25) is 0 Å². The minimum atomic E-state index is -0.679. The summed E-state index contributed by atoms with van der Waals surface area (Å²) < 4.78 is 69.0. The van der Waals surface area contributed by atoms with Crippen molar-refractivity contribution in [2.24, 2.45) is 11.8 Å². The van der Waals surface area contributed by atoms with Gasteiger partial charge in [-0.1, -0.05) is 58.8 Å². The van der Waals surface area contributed by atoms with Crippen LogP contribution < -0.4 is 23.7 Å². The molecule has 5 aromatic rings. The number of likely N-dealkylation sites (tertiary alicyclic amines) is 2. The number of piperidine rings is 2. The second-order valence-corrected chi connectivity index (χ2v) is 17.3. The molecule has 0 aliphatic carbocycles. The summed E-state index contributed by atoms with van der Waals surface area (Å²) in [5.74, 6) is 2.32. The van der Waals surface area contributed by atoms with Crippen LogP contribution in [0.4, 0.5) is 8.78 Å². The third kappa shape index (κ3) is 14.8. The molecular formula is C52H67F2N5O9. The van der Waals surface area contributed by atoms with E-state index in [4.69, 9.17) is 33.2 Å². The Morgan fingerprint density at radius 3 is 1.46 bits per heavy atom. The molecule has 2 atom stereocenters. The van der Waals surface area contributed by atoms with Crippen molar-refractivity contribution in [2.45, 2.75) is 57.3 Å². The smallest absolute Gasteiger partial charge is 0.253 e. The molecule has 2 aliphatic heterocycles. The van der Waals surface area contributed by atoms with E-state index in [1.165, 1.54) is 24.3 Å². The van der Waals surface area contributed by atoms with Gasteiger partial charge < -0.3 is 53.2 Å². The Kier molecular flexibility index (Phi) is 19.6. The number of rotatable bonds is 27. The molecule has 7 rings (SSSR count). The monoisotopic (exact) mass is 943 g/mol. The fraction of sp³-hybridized carbons (Fsp3) is 0.500. The predicted molar refractivity (Wildman–Crippen MR) is 253 cm³/mol. The fourth-order valence-electron chi connectivity index (χ4n) is 9.01. The molecule has 2 fully saturated rings. The molecule has 3 heterocycles. The fourth-order valence-corrected chi connectivity index (χ4v) is 9.01. The van der Waals surface area contributed by atoms with E-state index in [0.29, 0.717) is 68.5 Å². The van der Waals surface area contributed by atoms with Crippen LogP contribution in [0.15, 0.2) is 91.1 Å². The van der Waals surface area contributed by atoms with E-state index in [1.54, 1.807) is 25.1 Å². The first-order valence-electron chi connectivity index (χ1n) is 23.9. The molecule has 1 aromatic heterocycles. The van der Waals surface area contributed by atoms with Crippen LogP contribution in [0, 0.1) is 23.5 Å². The summed E-state index contributed by atoms with van der Waals surface area (Å²) in [4.78, 5) is 4.80. The number of halogens is 2. The SMILES string of the molecule is COc1c(OCCOCCOc2cn(CCOCCOc3cccc([C@H](O)C4CCN(CCc5ccc(F)cc5)CC4)c3OC)nn2)cccc1[C@H](O)C1CCN(CCc2ccc(F)cc2)CC1. The molecule has 14 nitrogen and oxygen atoms in total. The zero-order valence-corrected chi connectivity index (χ0v) is 39.4. The second-order valence-electron chi connectivity index (χ2n) is 17.3. The predicted octanol–water partition coefficient (Wildman–Crippen LogP) is 7.12. The van der Waals surface area contributed by atoms with Crippen molar-refractivity contribution in [3.63, 3.8) is 0 Å². The van der Waals surface area contributed by atoms with Crippen LogP contribution in [0.25, 0.3) is 0 Å². The van der Waals surface area contributed by atoms with Gasteiger partial charge in [-0.05, 0) is 124 Å². The number of methoxy groups -OCH3 is 2. The van der Waals surface area contributed by atoms with Gasteiger partial charge in [-0.15, -0.1) is 0 Å². The van der Waals surface area contributed by atoms with Gasteiger partial charge in [0.05, 0.1) is 65.6 Å². The van der Waals surface area contributed by atoms with Crippen LogP contribution in [0.5, 0.6) is 28.9 Å². The molecule has 2 saturated heterocycles. The molecule has 2 aliphatic rings. The van der Waals surface area contributed by atoms with Crippen LogP contribution in [-0.2, 0) is 28.9 Å². The number of nitrogens with zero attached hydrogens (tertiary/aromatic N) is 5. The minimum absolute atomic E-state index is 0.0995. The van der Waals surface area contributed by atoms with E-state index in [0.717, 1.165) is 100 Å². The highest BCUT2D eigenvalue weighted by atomic mass is 19.1. The first-order chi connectivity index (χ1) is 33.3. The summed E-state index contributed by atoms with van der Waals surface area (Å²) in [7, 11) is 3.18. The van der Waals surface area contributed by atoms with Gasteiger partial charge in [0.25, 0.3) is 5.88 Å². The second kappa shape index (κ2) is 26.4. The van der Waals surface area contributed by atoms with Crippen molar-refractivity contribution in [2.75, 3.05) is 99.7 Å². The van der Waals surface area contributed by atoms with Crippen LogP contribution in [0.3, 0.4) is 0 Å². The highest BCUT2D eigenvalue weighted by Crippen LogP contribution is 2.41. The maximum atomic E-state index is 13.3. The average Bonchev–Trinajstić information content (AvgIpc) is 3.83. The van der Waals surface area contributed by atoms with E-state index in [2.05, 4.69) is 20.1 Å². The molecule has 16 heteroatoms. The number of hydrogen-bond donors (Lipinski definition) is 2. The molecule has 0 radical (unpaired) electrons. The summed E-state index contributed by atoms with van der Waals surface area (Å²) in [6.45, 7) is 8.09. The quantitative estimate of drug-likeness (QED) is 0.0517. The Morgan fingerprint density at radius 1 is 0.559 bits per heavy atom. The normalized spacial score (nSPS) is 16.1. The van der Waals surface area contributed by atoms with Gasteiger partial charge in [-0.25, -0.2) is 13.5 Å². The lowest BCUT2D eigenvalue weighted by atomic mass is 9.87. The molecule has 68 heavy (non-hydrogen) atoms. The summed E-state index contributed by atoms with van der Waals surface area (Å²) in [6, 6.07) is 24.6. The molecular weight excluding hydrogens is 877 g/mol. The maximum Gasteiger partial charge on any atom is 0.253 e. The Bertz CT molecular complexity index is 2240. The summed E-state index contributed by atoms with van der Waals surface area (Å²) >= 11 is 0. The van der Waals surface area contributed by atoms with Gasteiger partial charge in [0, 0.05) is 24.2 Å². The molecule has 368 valence electrons. The lowest BCUT2D eigenvalue weighted by Crippen LogP contribution is -2.36. The molecule has 2 N–H and O–H groups in total. The van der Waals surface area contributed by atoms with E-state index < -0.39 is 12.2 Å². The number of aromatic nitrogens is 3. The standard InChI is InChI=1S/C52H67F2N5O9/c1-62-51-44(49(60)40-19-25-57(26-20-40)23-17-38-9-13-42(53)14-10-38)5-3-7-46(51)66-34-31-64-30-29-59-37-48(55-56-59)68-36-33-65-32-35-67-47-8-4-6-45(52(47)63-2)50(61)41-21-27-58(28-22-41)24-18-39-11-15-43(54)16-12-39/h3-16,37,40-41,49-50,60-61H,17-36H2,1-2H3/t49-,50-/m1/s1. The first kappa shape index (κ1) is 50.5. The van der Waals surface area contributed by atoms with Gasteiger partial charge in [0.1, 0.15) is 31.5 Å². The third-order valence-electron chi connectivity index (χ3n) is 12.9. The van der Waals surface area contributed by atoms with Gasteiger partial charge in [0.15, 0.2) is 23.0 Å². The van der Waals surface area contributed by atoms with Gasteiger partial charge in [-0.2, -0.15) is 0 Å². The molecule has 0 spiro atoms. The molecule has 0 amide bonds. The highest BCUT2D eigenvalue weighted by molar-refractivity contribution is 5.49. The molecule has 0 unspecified atom stereocenters. The Balaban J connectivity index is 0.732. The summed E-state index contributed by atoms with van der Waals surface area (Å²) in [5.41, 5.74) is 3.68. The third-order valence-corrected chi connectivity index (χ3v) is 12.9. The molecule has 4 aromatic carbocycles. The van der Waals surface area contributed by atoms with E-state index >= 15 is 0 Å². The lowest BCUT2D eigenvalue weighted by molar-refractivity contribution is 0.0565. The van der Waals surface area contributed by atoms with Crippen molar-refractivity contribution in [1.82, 2.24) is 24.8 Å². The summed E-state index contributed by atoms with van der Waals surface area (Å²) in [6.07, 6.45) is 5.54. The van der Waals surface area contributed by atoms with Gasteiger partial charge in [0.2, 0.25) is 0 Å². The number of hydrogen-bond acceptors (Lipinski definition) is 13. The molecule has 0 bridgehead atoms. The minimum Gasteiger partial charge on any atom is -0.492 e. The van der Waals surface area contributed by atoms with Crippen molar-refractivity contribution in [3.05, 3.63) is 125 Å². The van der Waals surface area contributed by atoms with Crippen LogP contribution >= 0.6 is 0 Å². The maximum absolute atomic E-state index is 13.3. The van der Waals surface area contributed by atoms with Crippen LogP contribution in [-0.4, -0.2) is 135 Å². The lowest BCUT2D eigenvalue weighted by Gasteiger charge is -2.34. The Labute approximate surface area is 398 Å². The van der Waals surface area contributed by atoms with Gasteiger partial charge >= 0.3 is 0 Å². The van der Waals surface area contributed by atoms with E-state index in [9.17, 15) is 19.0 Å². The van der Waals surface area contributed by atoms with Crippen LogP contribution in [0.2, 0.25) is 0 Å². The highest BCUT2D eigenvalue weighted by Gasteiger charge is 2.31. The molecule has 0 saturated carbocycles. The zero-order chi connectivity index (χ0) is 47.5. The van der Waals surface area contributed by atoms with Crippen molar-refractivity contribution < 1.29 is 52.2 Å². The first-order valence-corrected chi connectivity index (χ1v) is 23.9. The Hall–Kier alpha value is -5.36. The summed E-state index contributed by atoms with van der Waals surface area (Å²) in [5, 5.41) is 31.0. The number of para-hydroxylation sites is 2. The van der Waals surface area contributed by atoms with Crippen molar-refractivity contribution >= 4 is 0 Å². The van der Waals surface area contributed by atoms with E-state index in [-0.39, 0.29) is 36.7 Å². The number of benzene rings is 4.